The fourth-order valence-electron chi connectivity index (χ4n) is 11.3. The van der Waals surface area contributed by atoms with Gasteiger partial charge in [0.05, 0.1) is 24.5 Å². The monoisotopic (exact) mass is 1310 g/mol. The number of likely N-dealkylation sites (N-methyl/N-ethyl adjacent to an activating group) is 3. The lowest BCUT2D eigenvalue weighted by atomic mass is 9.99. The van der Waals surface area contributed by atoms with E-state index in [1.807, 2.05) is 64.2 Å². The van der Waals surface area contributed by atoms with Crippen LogP contribution < -0.4 is 9.64 Å². The molecule has 0 saturated carbocycles. The molecule has 93 heavy (non-hydrogen) atoms. The Morgan fingerprint density at radius 2 is 1.02 bits per heavy atom. The first-order valence-corrected chi connectivity index (χ1v) is 32.2. The SMILES string of the molecule is CC(=O)N1CCN(c2ccc(OC[C@H]3CO[C@](Cn4ccnc4)(c4ccc(Cl)cc4Cl)O3)cc2)CC1.CC(C)[C@H]1OC(=O)[C@H](Cc2ccccc2)N(C)C(=O)[C@@H](C(C)C)OC(=O)[C@H](Cc2ccccc2)N(C)C(=O)[C@@H](C(C)C)OC(=O)[C@H](Cc2ccccc2)N(C)C1=O. The van der Waals surface area contributed by atoms with Crippen molar-refractivity contribution in [1.82, 2.24) is 29.2 Å². The van der Waals surface area contributed by atoms with Crippen LogP contribution in [0, 0.1) is 17.8 Å². The highest BCUT2D eigenvalue weighted by Crippen LogP contribution is 2.41. The maximum atomic E-state index is 14.4. The van der Waals surface area contributed by atoms with Crippen molar-refractivity contribution in [3.05, 3.63) is 184 Å². The van der Waals surface area contributed by atoms with Crippen molar-refractivity contribution < 1.29 is 62.0 Å². The van der Waals surface area contributed by atoms with Crippen molar-refractivity contribution in [3.63, 3.8) is 0 Å². The van der Waals surface area contributed by atoms with E-state index in [1.165, 1.54) is 35.8 Å². The van der Waals surface area contributed by atoms with Crippen LogP contribution in [-0.4, -0.2) is 174 Å². The fourth-order valence-corrected chi connectivity index (χ4v) is 11.9. The van der Waals surface area contributed by atoms with Crippen molar-refractivity contribution in [1.29, 1.82) is 0 Å². The quantitative estimate of drug-likeness (QED) is 0.0654. The van der Waals surface area contributed by atoms with Crippen molar-refractivity contribution in [2.75, 3.05) is 65.4 Å². The summed E-state index contributed by atoms with van der Waals surface area (Å²) >= 11 is 12.7. The van der Waals surface area contributed by atoms with Crippen molar-refractivity contribution in [2.45, 2.75) is 123 Å². The van der Waals surface area contributed by atoms with Crippen molar-refractivity contribution in [2.24, 2.45) is 17.8 Å². The van der Waals surface area contributed by atoms with Crippen LogP contribution in [0.15, 0.2) is 152 Å². The van der Waals surface area contributed by atoms with Gasteiger partial charge in [0.15, 0.2) is 18.3 Å². The summed E-state index contributed by atoms with van der Waals surface area (Å²) in [7, 11) is 4.31. The molecule has 3 saturated heterocycles. The van der Waals surface area contributed by atoms with Gasteiger partial charge in [0.25, 0.3) is 17.7 Å². The van der Waals surface area contributed by atoms with Gasteiger partial charge in [-0.05, 0) is 70.8 Å². The van der Waals surface area contributed by atoms with Gasteiger partial charge in [0, 0.05) is 102 Å². The Labute approximate surface area is 554 Å². The number of benzene rings is 5. The lowest BCUT2D eigenvalue weighted by Crippen LogP contribution is -2.56. The zero-order valence-corrected chi connectivity index (χ0v) is 56.0. The number of halogens is 2. The molecule has 4 amide bonds. The highest BCUT2D eigenvalue weighted by molar-refractivity contribution is 6.35. The first-order chi connectivity index (χ1) is 44.4. The van der Waals surface area contributed by atoms with E-state index in [0.29, 0.717) is 35.4 Å². The molecule has 4 heterocycles. The number of hydrogen-bond donors (Lipinski definition) is 0. The topological polar surface area (TPSA) is 209 Å². The molecule has 3 aliphatic rings. The lowest BCUT2D eigenvalue weighted by molar-refractivity contribution is -0.189. The molecule has 3 fully saturated rings. The molecule has 22 heteroatoms. The van der Waals surface area contributed by atoms with Crippen molar-refractivity contribution in [3.8, 4) is 5.75 Å². The molecule has 6 aromatic rings. The van der Waals surface area contributed by atoms with Crippen LogP contribution >= 0.6 is 23.2 Å². The minimum atomic E-state index is -1.36. The molecule has 0 radical (unpaired) electrons. The molecule has 0 aliphatic carbocycles. The molecule has 8 atom stereocenters. The Morgan fingerprint density at radius 3 is 1.40 bits per heavy atom. The maximum absolute atomic E-state index is 14.4. The smallest absolute Gasteiger partial charge is 0.329 e. The minimum absolute atomic E-state index is 0.0307. The minimum Gasteiger partial charge on any atom is -0.491 e. The molecular weight excluding hydrogens is 1230 g/mol. The second-order valence-corrected chi connectivity index (χ2v) is 25.6. The van der Waals surface area contributed by atoms with Crippen LogP contribution in [-0.2, 0) is 88.8 Å². The number of esters is 3. The van der Waals surface area contributed by atoms with Crippen LogP contribution in [0.3, 0.4) is 0 Å². The number of ether oxygens (including phenoxy) is 6. The number of hydrogen-bond acceptors (Lipinski definition) is 15. The summed E-state index contributed by atoms with van der Waals surface area (Å²) in [5.41, 5.74) is 3.98. The Bertz CT molecular complexity index is 3250. The summed E-state index contributed by atoms with van der Waals surface area (Å²) in [6.45, 7) is 16.1. The molecule has 0 spiro atoms. The van der Waals surface area contributed by atoms with Gasteiger partial charge in [-0.15, -0.1) is 0 Å². The summed E-state index contributed by atoms with van der Waals surface area (Å²) < 4.78 is 38.7. The van der Waals surface area contributed by atoms with E-state index in [1.54, 1.807) is 146 Å². The molecule has 20 nitrogen and oxygen atoms in total. The Morgan fingerprint density at radius 1 is 0.591 bits per heavy atom. The van der Waals surface area contributed by atoms with Crippen molar-refractivity contribution >= 4 is 70.4 Å². The number of anilines is 1. The van der Waals surface area contributed by atoms with Gasteiger partial charge in [-0.1, -0.05) is 162 Å². The highest BCUT2D eigenvalue weighted by Gasteiger charge is 2.47. The Hall–Kier alpha value is -8.30. The van der Waals surface area contributed by atoms with Crippen LogP contribution in [0.25, 0.3) is 0 Å². The molecule has 0 bridgehead atoms. The normalized spacial score (nSPS) is 23.1. The fraction of sp³-hybridized carbons (Fsp3) is 0.437. The zero-order valence-electron chi connectivity index (χ0n) is 54.5. The number of amides is 4. The van der Waals surface area contributed by atoms with Crippen LogP contribution in [0.2, 0.25) is 10.0 Å². The zero-order chi connectivity index (χ0) is 67.1. The number of cyclic esters (lactones) is 3. The van der Waals surface area contributed by atoms with Gasteiger partial charge in [-0.3, -0.25) is 19.2 Å². The molecule has 496 valence electrons. The van der Waals surface area contributed by atoms with Gasteiger partial charge in [0.1, 0.15) is 36.6 Å². The molecular formula is C71H85Cl2N7O13. The molecule has 9 rings (SSSR count). The predicted molar refractivity (Wildman–Crippen MR) is 352 cm³/mol. The summed E-state index contributed by atoms with van der Waals surface area (Å²) in [5, 5.41) is 1.02. The first kappa shape index (κ1) is 70.6. The van der Waals surface area contributed by atoms with Gasteiger partial charge in [0.2, 0.25) is 11.7 Å². The average Bonchev–Trinajstić information content (AvgIpc) is 1.72. The highest BCUT2D eigenvalue weighted by atomic mass is 35.5. The molecule has 5 aromatic carbocycles. The average molecular weight is 1320 g/mol. The number of piperazine rings is 1. The van der Waals surface area contributed by atoms with Crippen LogP contribution in [0.5, 0.6) is 5.75 Å². The Kier molecular flexibility index (Phi) is 24.7. The summed E-state index contributed by atoms with van der Waals surface area (Å²) in [6.07, 6.45) is 0.988. The van der Waals surface area contributed by atoms with E-state index in [4.69, 9.17) is 51.6 Å². The molecule has 3 aliphatic heterocycles. The molecule has 0 N–H and O–H groups in total. The van der Waals surface area contributed by atoms with E-state index >= 15 is 0 Å². The van der Waals surface area contributed by atoms with Gasteiger partial charge < -0.3 is 57.5 Å². The van der Waals surface area contributed by atoms with E-state index in [9.17, 15) is 33.6 Å². The summed E-state index contributed by atoms with van der Waals surface area (Å²) in [6, 6.07) is 36.7. The molecule has 0 unspecified atom stereocenters. The van der Waals surface area contributed by atoms with Crippen LogP contribution in [0.1, 0.15) is 70.7 Å². The third-order valence-corrected chi connectivity index (χ3v) is 17.4. The number of aromatic nitrogens is 2. The third-order valence-electron chi connectivity index (χ3n) is 16.9. The van der Waals surface area contributed by atoms with Gasteiger partial charge in [-0.25, -0.2) is 19.4 Å². The van der Waals surface area contributed by atoms with Gasteiger partial charge in [-0.2, -0.15) is 0 Å². The van der Waals surface area contributed by atoms with Crippen LogP contribution in [0.4, 0.5) is 5.69 Å². The second kappa shape index (κ2) is 32.5. The number of carbonyl (C=O) groups excluding carboxylic acids is 7. The maximum Gasteiger partial charge on any atom is 0.329 e. The number of carbonyl (C=O) groups is 7. The standard InChI is InChI=1S/C45H57N3O9.C26H28Cl2N4O4/c1-28(2)37-40(49)46(7)35(26-32-21-15-11-16-22-32)44(53)56-39(30(5)6)42(51)48(9)36(27-33-23-17-12-18-24-33)45(54)57-38(29(3)4)41(50)47(8)34(43(52)55-37)25-31-19-13-10-14-20-31;1-19(33)31-10-12-32(13-11-31)21-3-5-22(6-4-21)34-15-23-16-35-26(36-23,17-30-9-8-29-18-30)24-7-2-20(27)14-25(24)28/h10-24,28-30,34-39H,25-27H2,1-9H3;2-9,14,18,23H,10-13,15-17H2,1H3/t34-,35-,36-,37+,38+,39+;23-,26-/m00/s1. The van der Waals surface area contributed by atoms with E-state index in [2.05, 4.69) is 9.88 Å². The largest absolute Gasteiger partial charge is 0.491 e. The van der Waals surface area contributed by atoms with E-state index in [0.717, 1.165) is 54.3 Å². The Balaban J connectivity index is 0.000000263. The predicted octanol–water partition coefficient (Wildman–Crippen LogP) is 9.12. The second-order valence-electron chi connectivity index (χ2n) is 24.7. The van der Waals surface area contributed by atoms with Gasteiger partial charge >= 0.3 is 17.9 Å². The third kappa shape index (κ3) is 18.3. The lowest BCUT2D eigenvalue weighted by Gasteiger charge is -2.37. The number of imidazole rings is 1. The van der Waals surface area contributed by atoms with E-state index < -0.39 is 95.6 Å². The summed E-state index contributed by atoms with van der Waals surface area (Å²) in [5.74, 6) is -6.38. The number of nitrogens with zero attached hydrogens (tertiary/aromatic N) is 7. The summed E-state index contributed by atoms with van der Waals surface area (Å²) in [4.78, 5) is 110. The van der Waals surface area contributed by atoms with E-state index in [-0.39, 0.29) is 31.3 Å². The molecule has 1 aromatic heterocycles. The number of rotatable bonds is 16. The first-order valence-electron chi connectivity index (χ1n) is 31.4.